The van der Waals surface area contributed by atoms with Gasteiger partial charge in [0.25, 0.3) is 5.56 Å². The van der Waals surface area contributed by atoms with Gasteiger partial charge in [0.1, 0.15) is 17.6 Å². The Hall–Kier alpha value is -2.97. The van der Waals surface area contributed by atoms with Gasteiger partial charge in [-0.15, -0.1) is 0 Å². The van der Waals surface area contributed by atoms with Crippen molar-refractivity contribution in [1.29, 1.82) is 0 Å². The van der Waals surface area contributed by atoms with E-state index in [1.54, 1.807) is 6.07 Å². The van der Waals surface area contributed by atoms with E-state index < -0.39 is 17.9 Å². The molecule has 3 aromatic rings. The van der Waals surface area contributed by atoms with Gasteiger partial charge in [-0.05, 0) is 101 Å². The predicted octanol–water partition coefficient (Wildman–Crippen LogP) is 7.13. The third kappa shape index (κ3) is 5.02. The first-order valence-electron chi connectivity index (χ1n) is 16.3. The highest BCUT2D eigenvalue weighted by Gasteiger charge is 2.47. The van der Waals surface area contributed by atoms with Crippen LogP contribution < -0.4 is 5.56 Å². The minimum absolute atomic E-state index is 0.0869. The molecule has 4 aliphatic rings. The molecule has 1 aliphatic carbocycles. The fourth-order valence-electron chi connectivity index (χ4n) is 8.31. The topological polar surface area (TPSA) is 67.7 Å². The number of carbonyl (C=O) groups excluding carboxylic acids is 1. The number of hydrogen-bond acceptors (Lipinski definition) is 5. The molecular formula is C35H42ClFN4O3. The molecule has 9 heteroatoms. The average molecular weight is 621 g/mol. The number of carbonyl (C=O) groups is 1. The van der Waals surface area contributed by atoms with E-state index in [1.807, 2.05) is 32.9 Å². The molecule has 7 rings (SSSR count). The van der Waals surface area contributed by atoms with Gasteiger partial charge in [0.15, 0.2) is 0 Å². The SMILES string of the molecule is CC(C)(C)OC(=O)N1CCC(N2CCC(c3ccc4c(c3)C3(CCCCC3)c3nc(=O)c5c(Cl)cccc5n3-4)CC2)C(F)C1. The summed E-state index contributed by atoms with van der Waals surface area (Å²) >= 11 is 6.51. The maximum absolute atomic E-state index is 15.4. The smallest absolute Gasteiger partial charge is 0.410 e. The molecule has 1 amide bonds. The fourth-order valence-corrected chi connectivity index (χ4v) is 8.56. The minimum Gasteiger partial charge on any atom is -0.444 e. The molecule has 3 fully saturated rings. The number of ether oxygens (including phenoxy) is 1. The summed E-state index contributed by atoms with van der Waals surface area (Å²) in [5.41, 5.74) is 3.45. The molecule has 2 saturated heterocycles. The minimum atomic E-state index is -1.09. The van der Waals surface area contributed by atoms with Crippen LogP contribution in [0.4, 0.5) is 9.18 Å². The standard InChI is InChI=1S/C35H42ClFN4O3/c1-34(2,3)44-33(43)40-19-14-28(26(37)21-40)39-17-12-22(13-18-39)23-10-11-27-24(20-23)35(15-5-4-6-16-35)32-38-31(42)30-25(36)8-7-9-29(30)41(27)32/h7-11,20,22,26,28H,4-6,12-19,21H2,1-3H3. The summed E-state index contributed by atoms with van der Waals surface area (Å²) in [6.07, 6.45) is 6.43. The molecule has 44 heavy (non-hydrogen) atoms. The normalized spacial score (nSPS) is 24.0. The van der Waals surface area contributed by atoms with E-state index in [4.69, 9.17) is 21.3 Å². The van der Waals surface area contributed by atoms with Crippen molar-refractivity contribution in [2.45, 2.75) is 101 Å². The number of hydrogen-bond donors (Lipinski definition) is 0. The monoisotopic (exact) mass is 620 g/mol. The van der Waals surface area contributed by atoms with Crippen LogP contribution in [-0.2, 0) is 10.2 Å². The van der Waals surface area contributed by atoms with Crippen molar-refractivity contribution in [3.05, 3.63) is 68.7 Å². The number of alkyl halides is 1. The van der Waals surface area contributed by atoms with Gasteiger partial charge in [-0.2, -0.15) is 4.98 Å². The number of rotatable bonds is 2. The molecule has 2 aromatic carbocycles. The third-order valence-electron chi connectivity index (χ3n) is 10.4. The van der Waals surface area contributed by atoms with Gasteiger partial charge in [0.2, 0.25) is 0 Å². The first-order valence-corrected chi connectivity index (χ1v) is 16.7. The third-order valence-corrected chi connectivity index (χ3v) is 10.7. The molecule has 3 aliphatic heterocycles. The van der Waals surface area contributed by atoms with Crippen molar-refractivity contribution in [3.63, 3.8) is 0 Å². The van der Waals surface area contributed by atoms with E-state index in [-0.39, 0.29) is 23.6 Å². The van der Waals surface area contributed by atoms with Crippen LogP contribution in [0.1, 0.15) is 95.0 Å². The maximum Gasteiger partial charge on any atom is 0.410 e. The van der Waals surface area contributed by atoms with Crippen molar-refractivity contribution in [3.8, 4) is 5.69 Å². The number of amides is 1. The Morgan fingerprint density at radius 1 is 1.05 bits per heavy atom. The summed E-state index contributed by atoms with van der Waals surface area (Å²) in [7, 11) is 0. The molecule has 1 saturated carbocycles. The largest absolute Gasteiger partial charge is 0.444 e. The van der Waals surface area contributed by atoms with Gasteiger partial charge in [-0.3, -0.25) is 14.3 Å². The number of benzene rings is 2. The van der Waals surface area contributed by atoms with Crippen LogP contribution in [0.5, 0.6) is 0 Å². The molecule has 0 bridgehead atoms. The van der Waals surface area contributed by atoms with Crippen molar-refractivity contribution in [2.75, 3.05) is 26.2 Å². The van der Waals surface area contributed by atoms with E-state index in [0.29, 0.717) is 29.3 Å². The number of piperidine rings is 2. The quantitative estimate of drug-likeness (QED) is 0.305. The van der Waals surface area contributed by atoms with Gasteiger partial charge in [0, 0.05) is 12.6 Å². The second-order valence-corrected chi connectivity index (χ2v) is 14.6. The molecule has 4 heterocycles. The molecule has 234 valence electrons. The summed E-state index contributed by atoms with van der Waals surface area (Å²) in [6, 6.07) is 12.4. The molecule has 7 nitrogen and oxygen atoms in total. The lowest BCUT2D eigenvalue weighted by Crippen LogP contribution is -2.55. The van der Waals surface area contributed by atoms with Gasteiger partial charge in [0.05, 0.1) is 33.6 Å². The molecule has 2 unspecified atom stereocenters. The van der Waals surface area contributed by atoms with Gasteiger partial charge in [-0.1, -0.05) is 49.1 Å². The Kier molecular flexibility index (Phi) is 7.52. The van der Waals surface area contributed by atoms with Gasteiger partial charge < -0.3 is 9.64 Å². The first kappa shape index (κ1) is 29.7. The van der Waals surface area contributed by atoms with Crippen LogP contribution in [-0.4, -0.2) is 69.4 Å². The van der Waals surface area contributed by atoms with Crippen LogP contribution >= 0.6 is 11.6 Å². The molecule has 2 atom stereocenters. The highest BCUT2D eigenvalue weighted by molar-refractivity contribution is 6.35. The van der Waals surface area contributed by atoms with Crippen LogP contribution in [0.3, 0.4) is 0 Å². The second-order valence-electron chi connectivity index (χ2n) is 14.2. The summed E-state index contributed by atoms with van der Waals surface area (Å²) in [5.74, 6) is 1.26. The highest BCUT2D eigenvalue weighted by atomic mass is 35.5. The van der Waals surface area contributed by atoms with Crippen LogP contribution in [0.2, 0.25) is 5.02 Å². The lowest BCUT2D eigenvalue weighted by Gasteiger charge is -2.43. The Bertz CT molecular complexity index is 1650. The van der Waals surface area contributed by atoms with E-state index in [2.05, 4.69) is 27.7 Å². The molecule has 1 spiro atoms. The number of likely N-dealkylation sites (tertiary alicyclic amines) is 2. The van der Waals surface area contributed by atoms with Crippen molar-refractivity contribution in [2.24, 2.45) is 0 Å². The zero-order valence-electron chi connectivity index (χ0n) is 26.0. The van der Waals surface area contributed by atoms with E-state index in [0.717, 1.165) is 68.6 Å². The van der Waals surface area contributed by atoms with Gasteiger partial charge >= 0.3 is 6.09 Å². The summed E-state index contributed by atoms with van der Waals surface area (Å²) in [5, 5.41) is 0.923. The molecule has 0 N–H and O–H groups in total. The fraction of sp³-hybridized carbons (Fsp3) is 0.571. The average Bonchev–Trinajstić information content (AvgIpc) is 3.25. The van der Waals surface area contributed by atoms with E-state index in [1.165, 1.54) is 22.4 Å². The Balaban J connectivity index is 1.11. The second kappa shape index (κ2) is 11.1. The number of aromatic nitrogens is 2. The lowest BCUT2D eigenvalue weighted by molar-refractivity contribution is -0.00913. The zero-order chi connectivity index (χ0) is 30.8. The summed E-state index contributed by atoms with van der Waals surface area (Å²) in [6.45, 7) is 7.78. The highest BCUT2D eigenvalue weighted by Crippen LogP contribution is 2.52. The van der Waals surface area contributed by atoms with Gasteiger partial charge in [-0.25, -0.2) is 9.18 Å². The van der Waals surface area contributed by atoms with E-state index >= 15 is 4.39 Å². The molecule has 0 radical (unpaired) electrons. The number of halogens is 2. The first-order chi connectivity index (χ1) is 21.1. The maximum atomic E-state index is 15.4. The van der Waals surface area contributed by atoms with Crippen molar-refractivity contribution < 1.29 is 13.9 Å². The summed E-state index contributed by atoms with van der Waals surface area (Å²) < 4.78 is 23.1. The number of nitrogens with zero attached hydrogens (tertiary/aromatic N) is 4. The van der Waals surface area contributed by atoms with Crippen molar-refractivity contribution in [1.82, 2.24) is 19.4 Å². The lowest BCUT2D eigenvalue weighted by atomic mass is 9.69. The predicted molar refractivity (Wildman–Crippen MR) is 171 cm³/mol. The van der Waals surface area contributed by atoms with Crippen molar-refractivity contribution >= 4 is 28.6 Å². The van der Waals surface area contributed by atoms with Crippen LogP contribution in [0.15, 0.2) is 41.2 Å². The Morgan fingerprint density at radius 3 is 2.50 bits per heavy atom. The zero-order valence-corrected chi connectivity index (χ0v) is 26.7. The number of fused-ring (bicyclic) bond motifs is 7. The Morgan fingerprint density at radius 2 is 1.80 bits per heavy atom. The van der Waals surface area contributed by atoms with Crippen LogP contribution in [0.25, 0.3) is 16.6 Å². The molecular weight excluding hydrogens is 579 g/mol. The summed E-state index contributed by atoms with van der Waals surface area (Å²) in [4.78, 5) is 34.3. The van der Waals surface area contributed by atoms with Crippen LogP contribution in [0, 0.1) is 0 Å². The molecule has 1 aromatic heterocycles. The van der Waals surface area contributed by atoms with E-state index in [9.17, 15) is 9.59 Å². The Labute approximate surface area is 263 Å².